The average molecular weight is 369 g/mol. The Kier molecular flexibility index (Phi) is 4.23. The van der Waals surface area contributed by atoms with Crippen molar-refractivity contribution in [2.45, 2.75) is 12.7 Å². The minimum Gasteiger partial charge on any atom is -0.365 e. The number of anilines is 1. The lowest BCUT2D eigenvalue weighted by molar-refractivity contribution is -0.137. The Morgan fingerprint density at radius 1 is 0.963 bits per heavy atom. The zero-order valence-corrected chi connectivity index (χ0v) is 14.0. The molecule has 0 saturated carbocycles. The van der Waals surface area contributed by atoms with Crippen LogP contribution in [-0.4, -0.2) is 19.6 Å². The molecule has 0 spiro atoms. The third kappa shape index (κ3) is 3.46. The van der Waals surface area contributed by atoms with E-state index in [1.807, 2.05) is 12.1 Å². The lowest BCUT2D eigenvalue weighted by Crippen LogP contribution is -2.09. The molecule has 0 unspecified atom stereocenters. The van der Waals surface area contributed by atoms with Crippen LogP contribution in [0.3, 0.4) is 0 Å². The zero-order valence-electron chi connectivity index (χ0n) is 14.0. The molecule has 0 aliphatic heterocycles. The molecule has 5 nitrogen and oxygen atoms in total. The fourth-order valence-electron chi connectivity index (χ4n) is 2.78. The maximum Gasteiger partial charge on any atom is 0.417 e. The molecule has 0 aliphatic rings. The molecule has 3 heterocycles. The van der Waals surface area contributed by atoms with Gasteiger partial charge in [-0.2, -0.15) is 22.8 Å². The van der Waals surface area contributed by atoms with E-state index in [1.54, 1.807) is 36.8 Å². The minimum absolute atomic E-state index is 0.0284. The van der Waals surface area contributed by atoms with Gasteiger partial charge in [-0.05, 0) is 35.9 Å². The van der Waals surface area contributed by atoms with Gasteiger partial charge in [-0.1, -0.05) is 18.2 Å². The molecule has 0 atom stereocenters. The zero-order chi connectivity index (χ0) is 18.9. The van der Waals surface area contributed by atoms with Crippen LogP contribution in [0.25, 0.3) is 16.9 Å². The van der Waals surface area contributed by atoms with Gasteiger partial charge in [0, 0.05) is 24.5 Å². The van der Waals surface area contributed by atoms with Crippen LogP contribution < -0.4 is 5.32 Å². The van der Waals surface area contributed by atoms with Crippen LogP contribution in [0.2, 0.25) is 0 Å². The Bertz CT molecular complexity index is 1070. The standard InChI is InChI=1S/C19H14F3N5/c20-19(21,22)15-4-2-1-3-14(15)16-5-6-17-25-12-18(27(17)26-16)24-11-13-7-9-23-10-8-13/h1-10,12,24H,11H2. The van der Waals surface area contributed by atoms with Gasteiger partial charge in [0.1, 0.15) is 5.82 Å². The summed E-state index contributed by atoms with van der Waals surface area (Å²) in [5, 5.41) is 7.57. The maximum atomic E-state index is 13.3. The van der Waals surface area contributed by atoms with Gasteiger partial charge in [0.25, 0.3) is 0 Å². The number of hydrogen-bond acceptors (Lipinski definition) is 4. The van der Waals surface area contributed by atoms with Crippen molar-refractivity contribution in [3.8, 4) is 11.3 Å². The van der Waals surface area contributed by atoms with E-state index in [0.29, 0.717) is 18.0 Å². The molecule has 8 heteroatoms. The van der Waals surface area contributed by atoms with E-state index in [4.69, 9.17) is 0 Å². The van der Waals surface area contributed by atoms with Crippen LogP contribution in [0.4, 0.5) is 19.0 Å². The first-order valence-corrected chi connectivity index (χ1v) is 8.16. The molecule has 3 aromatic heterocycles. The van der Waals surface area contributed by atoms with Gasteiger partial charge in [-0.25, -0.2) is 4.98 Å². The van der Waals surface area contributed by atoms with Crippen molar-refractivity contribution in [2.24, 2.45) is 0 Å². The smallest absolute Gasteiger partial charge is 0.365 e. The predicted octanol–water partition coefficient (Wildman–Crippen LogP) is 4.42. The van der Waals surface area contributed by atoms with E-state index in [2.05, 4.69) is 20.4 Å². The topological polar surface area (TPSA) is 55.1 Å². The van der Waals surface area contributed by atoms with Crippen LogP contribution >= 0.6 is 0 Å². The molecule has 136 valence electrons. The highest BCUT2D eigenvalue weighted by atomic mass is 19.4. The minimum atomic E-state index is -4.45. The molecule has 0 saturated heterocycles. The van der Waals surface area contributed by atoms with Gasteiger partial charge in [0.2, 0.25) is 0 Å². The van der Waals surface area contributed by atoms with Gasteiger partial charge in [0.05, 0.1) is 17.5 Å². The number of pyridine rings is 1. The molecule has 0 bridgehead atoms. The van der Waals surface area contributed by atoms with Crippen molar-refractivity contribution >= 4 is 11.5 Å². The number of halogens is 3. The fourth-order valence-corrected chi connectivity index (χ4v) is 2.78. The summed E-state index contributed by atoms with van der Waals surface area (Å²) in [6.45, 7) is 0.515. The third-order valence-electron chi connectivity index (χ3n) is 4.09. The summed E-state index contributed by atoms with van der Waals surface area (Å²) in [5.41, 5.74) is 1.09. The number of hydrogen-bond donors (Lipinski definition) is 1. The normalized spacial score (nSPS) is 11.7. The van der Waals surface area contributed by atoms with Crippen molar-refractivity contribution in [1.82, 2.24) is 19.6 Å². The molecular formula is C19H14F3N5. The Morgan fingerprint density at radius 2 is 1.74 bits per heavy atom. The first-order valence-electron chi connectivity index (χ1n) is 8.16. The SMILES string of the molecule is FC(F)(F)c1ccccc1-c1ccc2ncc(NCc3ccncc3)n2n1. The fraction of sp³-hybridized carbons (Fsp3) is 0.105. The summed E-state index contributed by atoms with van der Waals surface area (Å²) in [6.07, 6.45) is 0.527. The summed E-state index contributed by atoms with van der Waals surface area (Å²) in [6, 6.07) is 12.3. The number of rotatable bonds is 4. The second kappa shape index (κ2) is 6.71. The van der Waals surface area contributed by atoms with E-state index in [1.165, 1.54) is 16.6 Å². The number of benzene rings is 1. The van der Waals surface area contributed by atoms with Crippen molar-refractivity contribution in [3.05, 3.63) is 78.2 Å². The monoisotopic (exact) mass is 369 g/mol. The maximum absolute atomic E-state index is 13.3. The van der Waals surface area contributed by atoms with Crippen molar-refractivity contribution < 1.29 is 13.2 Å². The van der Waals surface area contributed by atoms with Crippen LogP contribution in [0, 0.1) is 0 Å². The molecule has 0 amide bonds. The van der Waals surface area contributed by atoms with E-state index in [0.717, 1.165) is 11.6 Å². The summed E-state index contributed by atoms with van der Waals surface area (Å²) in [7, 11) is 0. The number of alkyl halides is 3. The molecule has 4 rings (SSSR count). The summed E-state index contributed by atoms with van der Waals surface area (Å²) in [4.78, 5) is 8.20. The van der Waals surface area contributed by atoms with Gasteiger partial charge >= 0.3 is 6.18 Å². The largest absolute Gasteiger partial charge is 0.417 e. The molecule has 1 aromatic carbocycles. The van der Waals surface area contributed by atoms with Crippen LogP contribution in [0.1, 0.15) is 11.1 Å². The molecule has 27 heavy (non-hydrogen) atoms. The van der Waals surface area contributed by atoms with Crippen molar-refractivity contribution in [3.63, 3.8) is 0 Å². The Labute approximate surface area is 152 Å². The third-order valence-corrected chi connectivity index (χ3v) is 4.09. The first-order chi connectivity index (χ1) is 13.0. The number of imidazole rings is 1. The van der Waals surface area contributed by atoms with Crippen LogP contribution in [0.5, 0.6) is 0 Å². The van der Waals surface area contributed by atoms with Crippen molar-refractivity contribution in [2.75, 3.05) is 5.32 Å². The molecule has 0 fully saturated rings. The van der Waals surface area contributed by atoms with E-state index < -0.39 is 11.7 Å². The van der Waals surface area contributed by atoms with Crippen molar-refractivity contribution in [1.29, 1.82) is 0 Å². The quantitative estimate of drug-likeness (QED) is 0.579. The van der Waals surface area contributed by atoms with Gasteiger partial charge in [-0.15, -0.1) is 0 Å². The van der Waals surface area contributed by atoms with Crippen LogP contribution in [0.15, 0.2) is 67.1 Å². The van der Waals surface area contributed by atoms with Gasteiger partial charge < -0.3 is 5.32 Å². The molecule has 4 aromatic rings. The van der Waals surface area contributed by atoms with Crippen LogP contribution in [-0.2, 0) is 12.7 Å². The number of nitrogens with one attached hydrogen (secondary N) is 1. The highest BCUT2D eigenvalue weighted by molar-refractivity contribution is 5.66. The highest BCUT2D eigenvalue weighted by Gasteiger charge is 2.33. The number of nitrogens with zero attached hydrogens (tertiary/aromatic N) is 4. The summed E-state index contributed by atoms with van der Waals surface area (Å²) in [5.74, 6) is 0.591. The van der Waals surface area contributed by atoms with E-state index >= 15 is 0 Å². The lowest BCUT2D eigenvalue weighted by atomic mass is 10.0. The Morgan fingerprint density at radius 3 is 2.52 bits per heavy atom. The molecule has 0 radical (unpaired) electrons. The second-order valence-corrected chi connectivity index (χ2v) is 5.88. The Balaban J connectivity index is 1.71. The number of fused-ring (bicyclic) bond motifs is 1. The highest BCUT2D eigenvalue weighted by Crippen LogP contribution is 2.36. The molecule has 0 aliphatic carbocycles. The van der Waals surface area contributed by atoms with Gasteiger partial charge in [-0.3, -0.25) is 4.98 Å². The van der Waals surface area contributed by atoms with E-state index in [-0.39, 0.29) is 11.3 Å². The molecule has 1 N–H and O–H groups in total. The number of aromatic nitrogens is 4. The average Bonchev–Trinajstić information content (AvgIpc) is 3.09. The van der Waals surface area contributed by atoms with E-state index in [9.17, 15) is 13.2 Å². The van der Waals surface area contributed by atoms with Gasteiger partial charge in [0.15, 0.2) is 5.65 Å². The lowest BCUT2D eigenvalue weighted by Gasteiger charge is -2.12. The molecular weight excluding hydrogens is 355 g/mol. The summed E-state index contributed by atoms with van der Waals surface area (Å²) < 4.78 is 41.4. The predicted molar refractivity (Wildman–Crippen MR) is 95.0 cm³/mol. The summed E-state index contributed by atoms with van der Waals surface area (Å²) >= 11 is 0. The first kappa shape index (κ1) is 17.0. The second-order valence-electron chi connectivity index (χ2n) is 5.88. The Hall–Kier alpha value is -3.42.